The molecule has 1 heteroatoms. The fourth-order valence-corrected chi connectivity index (χ4v) is 1.42. The molecule has 0 atom stereocenters. The third-order valence-corrected chi connectivity index (χ3v) is 2.25. The second-order valence-electron chi connectivity index (χ2n) is 3.48. The Kier molecular flexibility index (Phi) is 3.75. The van der Waals surface area contributed by atoms with Crippen molar-refractivity contribution in [3.8, 4) is 0 Å². The fraction of sp³-hybridized carbons (Fsp3) is 0.385. The molecule has 1 heterocycles. The van der Waals surface area contributed by atoms with Gasteiger partial charge in [0, 0.05) is 13.1 Å². The zero-order valence-electron chi connectivity index (χ0n) is 9.46. The van der Waals surface area contributed by atoms with Gasteiger partial charge >= 0.3 is 0 Å². The van der Waals surface area contributed by atoms with Crippen molar-refractivity contribution < 1.29 is 1.43 Å². The van der Waals surface area contributed by atoms with E-state index in [1.54, 1.807) is 0 Å². The summed E-state index contributed by atoms with van der Waals surface area (Å²) in [6.45, 7) is 8.42. The van der Waals surface area contributed by atoms with Crippen LogP contribution in [0.2, 0.25) is 0 Å². The number of aromatic amines is 1. The van der Waals surface area contributed by atoms with E-state index in [1.807, 2.05) is 20.0 Å². The van der Waals surface area contributed by atoms with Crippen LogP contribution in [-0.2, 0) is 0 Å². The second kappa shape index (κ2) is 4.85. The maximum atomic E-state index is 3.21. The SMILES string of the molecule is CC.CC(C)c1ccc2cc[nH]c2c1.[HH]. The molecule has 0 aliphatic carbocycles. The first-order valence-corrected chi connectivity index (χ1v) is 5.34. The molecular formula is C13H21N. The van der Waals surface area contributed by atoms with Crippen LogP contribution in [0.25, 0.3) is 10.9 Å². The van der Waals surface area contributed by atoms with E-state index in [0.29, 0.717) is 5.92 Å². The summed E-state index contributed by atoms with van der Waals surface area (Å²) >= 11 is 0. The number of aromatic nitrogens is 1. The van der Waals surface area contributed by atoms with Crippen molar-refractivity contribution in [3.05, 3.63) is 36.0 Å². The monoisotopic (exact) mass is 191 g/mol. The van der Waals surface area contributed by atoms with Gasteiger partial charge < -0.3 is 4.98 Å². The molecule has 14 heavy (non-hydrogen) atoms. The lowest BCUT2D eigenvalue weighted by Crippen LogP contribution is -1.85. The van der Waals surface area contributed by atoms with Crippen LogP contribution in [-0.4, -0.2) is 4.98 Å². The summed E-state index contributed by atoms with van der Waals surface area (Å²) in [5, 5.41) is 1.29. The standard InChI is InChI=1S/C11H13N.C2H6.H2/c1-8(2)10-4-3-9-5-6-12-11(9)7-10;1-2;/h3-8,12H,1-2H3;1-2H3;1H. The molecule has 0 spiro atoms. The average molecular weight is 191 g/mol. The number of hydrogen-bond donors (Lipinski definition) is 1. The molecule has 1 nitrogen and oxygen atoms in total. The highest BCUT2D eigenvalue weighted by molar-refractivity contribution is 5.79. The van der Waals surface area contributed by atoms with Crippen molar-refractivity contribution in [2.45, 2.75) is 33.6 Å². The smallest absolute Gasteiger partial charge is 0.0456 e. The van der Waals surface area contributed by atoms with E-state index in [-0.39, 0.29) is 1.43 Å². The zero-order chi connectivity index (χ0) is 10.6. The maximum absolute atomic E-state index is 3.21. The Morgan fingerprint density at radius 3 is 2.50 bits per heavy atom. The van der Waals surface area contributed by atoms with Crippen LogP contribution in [0.3, 0.4) is 0 Å². The highest BCUT2D eigenvalue weighted by atomic mass is 14.7. The first-order valence-electron chi connectivity index (χ1n) is 5.34. The highest BCUT2D eigenvalue weighted by Crippen LogP contribution is 2.19. The van der Waals surface area contributed by atoms with Crippen molar-refractivity contribution in [2.75, 3.05) is 0 Å². The van der Waals surface area contributed by atoms with Crippen LogP contribution < -0.4 is 0 Å². The minimum atomic E-state index is 0. The van der Waals surface area contributed by atoms with Gasteiger partial charge in [-0.15, -0.1) is 0 Å². The van der Waals surface area contributed by atoms with Crippen molar-refractivity contribution in [1.82, 2.24) is 4.98 Å². The number of rotatable bonds is 1. The lowest BCUT2D eigenvalue weighted by molar-refractivity contribution is 0.868. The first kappa shape index (κ1) is 10.8. The van der Waals surface area contributed by atoms with Crippen molar-refractivity contribution >= 4 is 10.9 Å². The Morgan fingerprint density at radius 2 is 1.86 bits per heavy atom. The zero-order valence-corrected chi connectivity index (χ0v) is 9.46. The van der Waals surface area contributed by atoms with Crippen LogP contribution in [0.4, 0.5) is 0 Å². The lowest BCUT2D eigenvalue weighted by atomic mass is 10.0. The fourth-order valence-electron chi connectivity index (χ4n) is 1.42. The molecule has 0 saturated heterocycles. The third kappa shape index (κ3) is 2.16. The summed E-state index contributed by atoms with van der Waals surface area (Å²) in [7, 11) is 0. The predicted octanol–water partition coefficient (Wildman–Crippen LogP) is 4.56. The van der Waals surface area contributed by atoms with Gasteiger partial charge in [-0.3, -0.25) is 0 Å². The number of benzene rings is 1. The first-order chi connectivity index (χ1) is 6.77. The van der Waals surface area contributed by atoms with E-state index in [1.165, 1.54) is 16.5 Å². The largest absolute Gasteiger partial charge is 0.361 e. The van der Waals surface area contributed by atoms with Gasteiger partial charge in [0.25, 0.3) is 0 Å². The molecule has 1 aromatic heterocycles. The molecule has 2 rings (SSSR count). The minimum Gasteiger partial charge on any atom is -0.361 e. The van der Waals surface area contributed by atoms with Gasteiger partial charge in [-0.2, -0.15) is 0 Å². The molecule has 0 saturated carbocycles. The predicted molar refractivity (Wildman–Crippen MR) is 65.8 cm³/mol. The normalized spacial score (nSPS) is 10.1. The van der Waals surface area contributed by atoms with Gasteiger partial charge in [-0.25, -0.2) is 0 Å². The molecule has 0 fully saturated rings. The van der Waals surface area contributed by atoms with E-state index in [2.05, 4.69) is 43.1 Å². The van der Waals surface area contributed by atoms with E-state index < -0.39 is 0 Å². The topological polar surface area (TPSA) is 15.8 Å². The van der Waals surface area contributed by atoms with Crippen LogP contribution in [0, 0.1) is 0 Å². The molecule has 78 valence electrons. The summed E-state index contributed by atoms with van der Waals surface area (Å²) in [6, 6.07) is 8.68. The van der Waals surface area contributed by atoms with Gasteiger partial charge in [0.2, 0.25) is 0 Å². The van der Waals surface area contributed by atoms with E-state index in [9.17, 15) is 0 Å². The number of fused-ring (bicyclic) bond motifs is 1. The average Bonchev–Trinajstić information content (AvgIpc) is 2.67. The molecular weight excluding hydrogens is 170 g/mol. The molecule has 0 bridgehead atoms. The van der Waals surface area contributed by atoms with Gasteiger partial charge in [0.1, 0.15) is 0 Å². The molecule has 0 amide bonds. The number of hydrogen-bond acceptors (Lipinski definition) is 0. The van der Waals surface area contributed by atoms with Crippen molar-refractivity contribution in [3.63, 3.8) is 0 Å². The van der Waals surface area contributed by atoms with Crippen molar-refractivity contribution in [2.24, 2.45) is 0 Å². The Labute approximate surface area is 87.6 Å². The Morgan fingerprint density at radius 1 is 1.14 bits per heavy atom. The van der Waals surface area contributed by atoms with Gasteiger partial charge in [-0.05, 0) is 29.0 Å². The Balaban J connectivity index is 0.000000617. The number of H-pyrrole nitrogens is 1. The van der Waals surface area contributed by atoms with Crippen LogP contribution in [0.1, 0.15) is 40.6 Å². The van der Waals surface area contributed by atoms with Crippen LogP contribution >= 0.6 is 0 Å². The summed E-state index contributed by atoms with van der Waals surface area (Å²) < 4.78 is 0. The van der Waals surface area contributed by atoms with Gasteiger partial charge in [0.05, 0.1) is 0 Å². The summed E-state index contributed by atoms with van der Waals surface area (Å²) in [4.78, 5) is 3.21. The quantitative estimate of drug-likeness (QED) is 0.680. The van der Waals surface area contributed by atoms with Crippen LogP contribution in [0.15, 0.2) is 30.5 Å². The Hall–Kier alpha value is -1.24. The Bertz CT molecular complexity index is 390. The molecule has 0 radical (unpaired) electrons. The maximum Gasteiger partial charge on any atom is 0.0456 e. The van der Waals surface area contributed by atoms with Crippen LogP contribution in [0.5, 0.6) is 0 Å². The second-order valence-corrected chi connectivity index (χ2v) is 3.48. The summed E-state index contributed by atoms with van der Waals surface area (Å²) in [5.74, 6) is 0.609. The van der Waals surface area contributed by atoms with E-state index >= 15 is 0 Å². The summed E-state index contributed by atoms with van der Waals surface area (Å²) in [5.41, 5.74) is 2.63. The van der Waals surface area contributed by atoms with E-state index in [4.69, 9.17) is 0 Å². The van der Waals surface area contributed by atoms with Gasteiger partial charge in [-0.1, -0.05) is 39.8 Å². The minimum absolute atomic E-state index is 0. The molecule has 0 unspecified atom stereocenters. The summed E-state index contributed by atoms with van der Waals surface area (Å²) in [6.07, 6.45) is 1.98. The van der Waals surface area contributed by atoms with E-state index in [0.717, 1.165) is 0 Å². The molecule has 0 aliphatic heterocycles. The molecule has 2 aromatic rings. The number of nitrogens with one attached hydrogen (secondary N) is 1. The van der Waals surface area contributed by atoms with Crippen molar-refractivity contribution in [1.29, 1.82) is 0 Å². The third-order valence-electron chi connectivity index (χ3n) is 2.25. The molecule has 1 N–H and O–H groups in total. The molecule has 1 aromatic carbocycles. The molecule has 0 aliphatic rings. The lowest BCUT2D eigenvalue weighted by Gasteiger charge is -2.03. The highest BCUT2D eigenvalue weighted by Gasteiger charge is 1.99. The van der Waals surface area contributed by atoms with Gasteiger partial charge in [0.15, 0.2) is 0 Å².